The van der Waals surface area contributed by atoms with Crippen LogP contribution < -0.4 is 20.3 Å². The number of methoxy groups -OCH3 is 2. The second-order valence-corrected chi connectivity index (χ2v) is 6.96. The van der Waals surface area contributed by atoms with Gasteiger partial charge in [-0.1, -0.05) is 0 Å². The molecule has 0 bridgehead atoms. The van der Waals surface area contributed by atoms with Gasteiger partial charge in [-0.05, 0) is 30.7 Å². The fraction of sp³-hybridized carbons (Fsp3) is 0.300. The number of aryl methyl sites for hydroxylation is 1. The number of benzene rings is 2. The van der Waals surface area contributed by atoms with E-state index in [0.29, 0.717) is 23.0 Å². The van der Waals surface area contributed by atoms with Gasteiger partial charge in [0.2, 0.25) is 0 Å². The Morgan fingerprint density at radius 3 is 2.22 bits per heavy atom. The Hall–Kier alpha value is -3.83. The number of nitro groups is 1. The molecule has 0 aliphatic carbocycles. The molecule has 0 aliphatic heterocycles. The number of nitrogens with zero attached hydrogens (tertiary/aromatic N) is 3. The van der Waals surface area contributed by atoms with E-state index in [9.17, 15) is 28.1 Å². The van der Waals surface area contributed by atoms with Crippen molar-refractivity contribution >= 4 is 22.3 Å². The van der Waals surface area contributed by atoms with E-state index >= 15 is 0 Å². The molecule has 2 aromatic carbocycles. The summed E-state index contributed by atoms with van der Waals surface area (Å²) in [5.74, 6) is 0.812. The summed E-state index contributed by atoms with van der Waals surface area (Å²) in [7, 11) is 4.25. The smallest absolute Gasteiger partial charge is 0.416 e. The van der Waals surface area contributed by atoms with Gasteiger partial charge >= 0.3 is 6.18 Å². The predicted molar refractivity (Wildman–Crippen MR) is 110 cm³/mol. The quantitative estimate of drug-likeness (QED) is 0.444. The van der Waals surface area contributed by atoms with E-state index in [1.165, 1.54) is 40.3 Å². The molecule has 3 rings (SSSR count). The SMILES string of the molecule is COc1cc2c(N[C@H](C)c3cc([N+](=O)[O-])cc(C(F)(F)F)c3)nn(C)c(=O)c2cc1OC. The Balaban J connectivity index is 2.14. The average molecular weight is 452 g/mol. The molecule has 1 N–H and O–H groups in total. The largest absolute Gasteiger partial charge is 0.493 e. The first kappa shape index (κ1) is 22.8. The maximum atomic E-state index is 13.2. The van der Waals surface area contributed by atoms with Crippen molar-refractivity contribution in [2.24, 2.45) is 7.05 Å². The van der Waals surface area contributed by atoms with Crippen molar-refractivity contribution in [1.82, 2.24) is 9.78 Å². The molecule has 0 fully saturated rings. The van der Waals surface area contributed by atoms with Gasteiger partial charge < -0.3 is 14.8 Å². The van der Waals surface area contributed by atoms with E-state index in [1.54, 1.807) is 0 Å². The molecule has 0 amide bonds. The third kappa shape index (κ3) is 4.29. The summed E-state index contributed by atoms with van der Waals surface area (Å²) >= 11 is 0. The number of ether oxygens (including phenoxy) is 2. The van der Waals surface area contributed by atoms with E-state index in [4.69, 9.17) is 9.47 Å². The molecule has 1 aromatic heterocycles. The highest BCUT2D eigenvalue weighted by atomic mass is 19.4. The number of aromatic nitrogens is 2. The second-order valence-electron chi connectivity index (χ2n) is 6.96. The monoisotopic (exact) mass is 452 g/mol. The minimum atomic E-state index is -4.76. The number of hydrogen-bond donors (Lipinski definition) is 1. The van der Waals surface area contributed by atoms with Gasteiger partial charge in [-0.25, -0.2) is 4.68 Å². The van der Waals surface area contributed by atoms with Crippen molar-refractivity contribution in [2.75, 3.05) is 19.5 Å². The highest BCUT2D eigenvalue weighted by Gasteiger charge is 2.33. The van der Waals surface area contributed by atoms with Crippen LogP contribution in [0.2, 0.25) is 0 Å². The van der Waals surface area contributed by atoms with Gasteiger partial charge in [0.1, 0.15) is 0 Å². The molecule has 12 heteroatoms. The zero-order valence-corrected chi connectivity index (χ0v) is 17.5. The number of anilines is 1. The van der Waals surface area contributed by atoms with Gasteiger partial charge in [-0.3, -0.25) is 14.9 Å². The van der Waals surface area contributed by atoms with Crippen LogP contribution in [0.3, 0.4) is 0 Å². The lowest BCUT2D eigenvalue weighted by molar-refractivity contribution is -0.385. The summed E-state index contributed by atoms with van der Waals surface area (Å²) in [6, 6.07) is 4.54. The first-order valence-corrected chi connectivity index (χ1v) is 9.22. The van der Waals surface area contributed by atoms with Crippen molar-refractivity contribution < 1.29 is 27.6 Å². The Morgan fingerprint density at radius 2 is 1.69 bits per heavy atom. The van der Waals surface area contributed by atoms with E-state index in [-0.39, 0.29) is 16.8 Å². The first-order valence-electron chi connectivity index (χ1n) is 9.22. The second kappa shape index (κ2) is 8.36. The molecule has 0 spiro atoms. The Bertz CT molecular complexity index is 1260. The van der Waals surface area contributed by atoms with E-state index in [2.05, 4.69) is 10.4 Å². The fourth-order valence-electron chi connectivity index (χ4n) is 3.22. The number of rotatable bonds is 6. The van der Waals surface area contributed by atoms with E-state index in [1.807, 2.05) is 0 Å². The van der Waals surface area contributed by atoms with E-state index < -0.39 is 34.0 Å². The number of nitro benzene ring substituents is 1. The summed E-state index contributed by atoms with van der Waals surface area (Å²) in [6.45, 7) is 1.53. The van der Waals surface area contributed by atoms with Gasteiger partial charge in [-0.2, -0.15) is 18.3 Å². The van der Waals surface area contributed by atoms with Crippen LogP contribution in [-0.4, -0.2) is 28.9 Å². The normalized spacial score (nSPS) is 12.5. The van der Waals surface area contributed by atoms with Crippen LogP contribution in [0.25, 0.3) is 10.8 Å². The van der Waals surface area contributed by atoms with Gasteiger partial charge in [0.25, 0.3) is 11.2 Å². The number of nitrogens with one attached hydrogen (secondary N) is 1. The molecule has 0 saturated heterocycles. The van der Waals surface area contributed by atoms with Gasteiger partial charge in [-0.15, -0.1) is 0 Å². The topological polar surface area (TPSA) is 109 Å². The predicted octanol–water partition coefficient (Wildman–Crippen LogP) is 4.05. The Labute approximate surface area is 179 Å². The highest BCUT2D eigenvalue weighted by Crippen LogP contribution is 2.36. The molecular weight excluding hydrogens is 433 g/mol. The number of fused-ring (bicyclic) bond motifs is 1. The van der Waals surface area contributed by atoms with Crippen LogP contribution in [0.1, 0.15) is 24.1 Å². The number of halogens is 3. The lowest BCUT2D eigenvalue weighted by Gasteiger charge is -2.19. The van der Waals surface area contributed by atoms with Crippen LogP contribution in [0.15, 0.2) is 35.1 Å². The van der Waals surface area contributed by atoms with Crippen molar-refractivity contribution in [1.29, 1.82) is 0 Å². The van der Waals surface area contributed by atoms with Gasteiger partial charge in [0.05, 0.1) is 36.1 Å². The summed E-state index contributed by atoms with van der Waals surface area (Å²) < 4.78 is 51.3. The molecular formula is C20H19F3N4O5. The van der Waals surface area contributed by atoms with Crippen LogP contribution in [-0.2, 0) is 13.2 Å². The number of alkyl halides is 3. The van der Waals surface area contributed by atoms with Crippen LogP contribution in [0.5, 0.6) is 11.5 Å². The fourth-order valence-corrected chi connectivity index (χ4v) is 3.22. The third-order valence-corrected chi connectivity index (χ3v) is 4.88. The first-order chi connectivity index (χ1) is 15.0. The van der Waals surface area contributed by atoms with Crippen molar-refractivity contribution in [3.8, 4) is 11.5 Å². The van der Waals surface area contributed by atoms with Crippen molar-refractivity contribution in [2.45, 2.75) is 19.1 Å². The summed E-state index contributed by atoms with van der Waals surface area (Å²) in [5.41, 5.74) is -2.22. The molecule has 0 aliphatic rings. The summed E-state index contributed by atoms with van der Waals surface area (Å²) in [6.07, 6.45) is -4.76. The van der Waals surface area contributed by atoms with E-state index in [0.717, 1.165) is 16.8 Å². The molecule has 1 atom stereocenters. The zero-order valence-electron chi connectivity index (χ0n) is 17.5. The maximum Gasteiger partial charge on any atom is 0.416 e. The molecule has 170 valence electrons. The third-order valence-electron chi connectivity index (χ3n) is 4.88. The van der Waals surface area contributed by atoms with Crippen molar-refractivity contribution in [3.05, 3.63) is 61.9 Å². The lowest BCUT2D eigenvalue weighted by Crippen LogP contribution is -2.22. The molecule has 0 saturated carbocycles. The number of hydrogen-bond acceptors (Lipinski definition) is 7. The maximum absolute atomic E-state index is 13.2. The molecule has 9 nitrogen and oxygen atoms in total. The van der Waals surface area contributed by atoms with Crippen molar-refractivity contribution in [3.63, 3.8) is 0 Å². The average Bonchev–Trinajstić information content (AvgIpc) is 2.75. The van der Waals surface area contributed by atoms with Gasteiger partial charge in [0, 0.05) is 24.6 Å². The molecule has 3 aromatic rings. The minimum Gasteiger partial charge on any atom is -0.493 e. The molecule has 0 unspecified atom stereocenters. The highest BCUT2D eigenvalue weighted by molar-refractivity contribution is 5.93. The Morgan fingerprint density at radius 1 is 1.09 bits per heavy atom. The Kier molecular flexibility index (Phi) is 5.97. The molecule has 32 heavy (non-hydrogen) atoms. The zero-order chi connectivity index (χ0) is 23.8. The lowest BCUT2D eigenvalue weighted by atomic mass is 10.0. The van der Waals surface area contributed by atoms with Crippen LogP contribution in [0, 0.1) is 10.1 Å². The molecule has 0 radical (unpaired) electrons. The molecule has 1 heterocycles. The minimum absolute atomic E-state index is 0.0239. The summed E-state index contributed by atoms with van der Waals surface area (Å²) in [4.78, 5) is 22.8. The number of non-ortho nitro benzene ring substituents is 1. The van der Waals surface area contributed by atoms with Gasteiger partial charge in [0.15, 0.2) is 17.3 Å². The van der Waals surface area contributed by atoms with Crippen LogP contribution in [0.4, 0.5) is 24.7 Å². The standard InChI is InChI=1S/C20H19F3N4O5/c1-10(11-5-12(20(21,22)23)7-13(6-11)27(29)30)24-18-14-8-16(31-3)17(32-4)9-15(14)19(28)26(2)25-18/h5-10H,1-4H3,(H,24,25)/t10-/m1/s1. The summed E-state index contributed by atoms with van der Waals surface area (Å²) in [5, 5.41) is 18.8. The van der Waals surface area contributed by atoms with Crippen LogP contribution >= 0.6 is 0 Å².